The second-order valence-electron chi connectivity index (χ2n) is 6.58. The molecule has 1 aliphatic rings. The summed E-state index contributed by atoms with van der Waals surface area (Å²) in [5.41, 5.74) is 2.93. The summed E-state index contributed by atoms with van der Waals surface area (Å²) in [5, 5.41) is 3.16. The molecule has 1 aromatic heterocycles. The summed E-state index contributed by atoms with van der Waals surface area (Å²) in [6.45, 7) is 2.80. The number of carbonyl (C=O) groups is 1. The zero-order chi connectivity index (χ0) is 17.1. The lowest BCUT2D eigenvalue weighted by molar-refractivity contribution is 0.0900. The molecule has 1 N–H and O–H groups in total. The van der Waals surface area contributed by atoms with Crippen LogP contribution in [-0.4, -0.2) is 39.5 Å². The van der Waals surface area contributed by atoms with E-state index in [1.165, 1.54) is 5.52 Å². The Hall–Kier alpha value is -2.66. The molecule has 2 aromatic carbocycles. The van der Waals surface area contributed by atoms with Gasteiger partial charge in [-0.2, -0.15) is 0 Å². The largest absolute Gasteiger partial charge is 0.349 e. The first kappa shape index (κ1) is 15.8. The van der Waals surface area contributed by atoms with Gasteiger partial charge in [-0.1, -0.05) is 30.3 Å². The number of hydrogen-bond donors (Lipinski definition) is 1. The Morgan fingerprint density at radius 2 is 1.76 bits per heavy atom. The van der Waals surface area contributed by atoms with Gasteiger partial charge in [0.25, 0.3) is 5.91 Å². The van der Waals surface area contributed by atoms with Crippen molar-refractivity contribution in [1.29, 1.82) is 0 Å². The SMILES string of the molecule is O=C(NC1CCN(Cn2cnc3ccccc32)CC1)c1ccccc1. The highest BCUT2D eigenvalue weighted by molar-refractivity contribution is 5.94. The van der Waals surface area contributed by atoms with E-state index in [-0.39, 0.29) is 11.9 Å². The van der Waals surface area contributed by atoms with Crippen LogP contribution >= 0.6 is 0 Å². The molecule has 2 heterocycles. The van der Waals surface area contributed by atoms with Crippen molar-refractivity contribution in [3.8, 4) is 0 Å². The van der Waals surface area contributed by atoms with Crippen molar-refractivity contribution in [3.63, 3.8) is 0 Å². The van der Waals surface area contributed by atoms with Gasteiger partial charge in [-0.05, 0) is 37.1 Å². The third kappa shape index (κ3) is 3.56. The van der Waals surface area contributed by atoms with Gasteiger partial charge in [-0.25, -0.2) is 4.98 Å². The fraction of sp³-hybridized carbons (Fsp3) is 0.300. The van der Waals surface area contributed by atoms with Crippen LogP contribution in [0.2, 0.25) is 0 Å². The molecule has 0 aliphatic carbocycles. The van der Waals surface area contributed by atoms with Crippen molar-refractivity contribution in [2.75, 3.05) is 13.1 Å². The smallest absolute Gasteiger partial charge is 0.251 e. The number of imidazole rings is 1. The van der Waals surface area contributed by atoms with Gasteiger partial charge in [0, 0.05) is 24.7 Å². The number of piperidine rings is 1. The normalized spacial score (nSPS) is 16.2. The van der Waals surface area contributed by atoms with Crippen LogP contribution < -0.4 is 5.32 Å². The van der Waals surface area contributed by atoms with E-state index < -0.39 is 0 Å². The second kappa shape index (κ2) is 7.07. The van der Waals surface area contributed by atoms with Crippen LogP contribution in [0, 0.1) is 0 Å². The first-order valence-electron chi connectivity index (χ1n) is 8.78. The molecule has 1 amide bonds. The van der Waals surface area contributed by atoms with Crippen molar-refractivity contribution in [3.05, 3.63) is 66.5 Å². The van der Waals surface area contributed by atoms with E-state index >= 15 is 0 Å². The number of carbonyl (C=O) groups excluding carboxylic acids is 1. The molecule has 4 rings (SSSR count). The van der Waals surface area contributed by atoms with E-state index in [0.717, 1.165) is 43.7 Å². The number of hydrogen-bond acceptors (Lipinski definition) is 3. The molecule has 5 heteroatoms. The topological polar surface area (TPSA) is 50.2 Å². The van der Waals surface area contributed by atoms with Crippen molar-refractivity contribution >= 4 is 16.9 Å². The van der Waals surface area contributed by atoms with Gasteiger partial charge >= 0.3 is 0 Å². The quantitative estimate of drug-likeness (QED) is 0.798. The lowest BCUT2D eigenvalue weighted by Gasteiger charge is -2.32. The fourth-order valence-electron chi connectivity index (χ4n) is 3.42. The van der Waals surface area contributed by atoms with Crippen LogP contribution in [0.25, 0.3) is 11.0 Å². The Labute approximate surface area is 147 Å². The van der Waals surface area contributed by atoms with Gasteiger partial charge in [0.2, 0.25) is 0 Å². The van der Waals surface area contributed by atoms with E-state index in [2.05, 4.69) is 25.8 Å². The molecule has 0 spiro atoms. The monoisotopic (exact) mass is 334 g/mol. The molecular formula is C20H22N4O. The maximum absolute atomic E-state index is 12.3. The minimum Gasteiger partial charge on any atom is -0.349 e. The zero-order valence-corrected chi connectivity index (χ0v) is 14.1. The predicted molar refractivity (Wildman–Crippen MR) is 98.2 cm³/mol. The number of nitrogens with one attached hydrogen (secondary N) is 1. The number of rotatable bonds is 4. The van der Waals surface area contributed by atoms with Gasteiger partial charge in [0.15, 0.2) is 0 Å². The minimum absolute atomic E-state index is 0.0275. The lowest BCUT2D eigenvalue weighted by atomic mass is 10.0. The van der Waals surface area contributed by atoms with Crippen LogP contribution in [0.15, 0.2) is 60.9 Å². The van der Waals surface area contributed by atoms with Gasteiger partial charge < -0.3 is 9.88 Å². The number of amides is 1. The lowest BCUT2D eigenvalue weighted by Crippen LogP contribution is -2.44. The van der Waals surface area contributed by atoms with Crippen LogP contribution in [0.4, 0.5) is 0 Å². The zero-order valence-electron chi connectivity index (χ0n) is 14.1. The van der Waals surface area contributed by atoms with Crippen molar-refractivity contribution in [1.82, 2.24) is 19.8 Å². The molecule has 1 aliphatic heterocycles. The van der Waals surface area contributed by atoms with Gasteiger partial charge in [-0.15, -0.1) is 0 Å². The molecule has 1 saturated heterocycles. The number of fused-ring (bicyclic) bond motifs is 1. The van der Waals surface area contributed by atoms with Gasteiger partial charge in [-0.3, -0.25) is 9.69 Å². The Morgan fingerprint density at radius 3 is 2.56 bits per heavy atom. The summed E-state index contributed by atoms with van der Waals surface area (Å²) in [6.07, 6.45) is 3.87. The Morgan fingerprint density at radius 1 is 1.04 bits per heavy atom. The molecule has 25 heavy (non-hydrogen) atoms. The van der Waals surface area contributed by atoms with Crippen LogP contribution in [-0.2, 0) is 6.67 Å². The van der Waals surface area contributed by atoms with E-state index in [1.54, 1.807) is 0 Å². The van der Waals surface area contributed by atoms with E-state index in [1.807, 2.05) is 54.9 Å². The highest BCUT2D eigenvalue weighted by Gasteiger charge is 2.21. The highest BCUT2D eigenvalue weighted by Crippen LogP contribution is 2.16. The number of nitrogens with zero attached hydrogens (tertiary/aromatic N) is 3. The summed E-state index contributed by atoms with van der Waals surface area (Å²) in [5.74, 6) is 0.0275. The van der Waals surface area contributed by atoms with E-state index in [9.17, 15) is 4.79 Å². The summed E-state index contributed by atoms with van der Waals surface area (Å²) in [4.78, 5) is 19.1. The molecule has 0 bridgehead atoms. The Balaban J connectivity index is 1.32. The fourth-order valence-corrected chi connectivity index (χ4v) is 3.42. The van der Waals surface area contributed by atoms with Gasteiger partial charge in [0.1, 0.15) is 0 Å². The van der Waals surface area contributed by atoms with E-state index in [4.69, 9.17) is 0 Å². The number of likely N-dealkylation sites (tertiary alicyclic amines) is 1. The second-order valence-corrected chi connectivity index (χ2v) is 6.58. The highest BCUT2D eigenvalue weighted by atomic mass is 16.1. The molecule has 5 nitrogen and oxygen atoms in total. The van der Waals surface area contributed by atoms with Gasteiger partial charge in [0.05, 0.1) is 24.0 Å². The summed E-state index contributed by atoms with van der Waals surface area (Å²) in [6, 6.07) is 17.9. The number of para-hydroxylation sites is 2. The Kier molecular flexibility index (Phi) is 4.48. The maximum Gasteiger partial charge on any atom is 0.251 e. The molecule has 0 atom stereocenters. The first-order chi connectivity index (χ1) is 12.3. The van der Waals surface area contributed by atoms with Crippen molar-refractivity contribution < 1.29 is 4.79 Å². The molecule has 0 unspecified atom stereocenters. The molecule has 128 valence electrons. The molecule has 0 radical (unpaired) electrons. The number of benzene rings is 2. The van der Waals surface area contributed by atoms with Crippen LogP contribution in [0.1, 0.15) is 23.2 Å². The summed E-state index contributed by atoms with van der Waals surface area (Å²) >= 11 is 0. The van der Waals surface area contributed by atoms with Crippen molar-refractivity contribution in [2.24, 2.45) is 0 Å². The average molecular weight is 334 g/mol. The maximum atomic E-state index is 12.3. The first-order valence-corrected chi connectivity index (χ1v) is 8.78. The molecular weight excluding hydrogens is 312 g/mol. The average Bonchev–Trinajstić information content (AvgIpc) is 3.07. The molecule has 1 fully saturated rings. The summed E-state index contributed by atoms with van der Waals surface area (Å²) in [7, 11) is 0. The third-order valence-corrected chi connectivity index (χ3v) is 4.84. The minimum atomic E-state index is 0.0275. The van der Waals surface area contributed by atoms with Crippen LogP contribution in [0.3, 0.4) is 0 Å². The predicted octanol–water partition coefficient (Wildman–Crippen LogP) is 2.89. The molecule has 3 aromatic rings. The van der Waals surface area contributed by atoms with E-state index in [0.29, 0.717) is 0 Å². The Bertz CT molecular complexity index is 850. The number of aromatic nitrogens is 2. The third-order valence-electron chi connectivity index (χ3n) is 4.84. The standard InChI is InChI=1S/C20H22N4O/c25-20(16-6-2-1-3-7-16)22-17-10-12-23(13-11-17)15-24-14-21-18-8-4-5-9-19(18)24/h1-9,14,17H,10-13,15H2,(H,22,25). The molecule has 0 saturated carbocycles. The van der Waals surface area contributed by atoms with Crippen molar-refractivity contribution in [2.45, 2.75) is 25.6 Å². The summed E-state index contributed by atoms with van der Waals surface area (Å²) < 4.78 is 2.19. The van der Waals surface area contributed by atoms with Crippen LogP contribution in [0.5, 0.6) is 0 Å².